The zero-order valence-corrected chi connectivity index (χ0v) is 13.7. The lowest BCUT2D eigenvalue weighted by molar-refractivity contribution is -0.130. The summed E-state index contributed by atoms with van der Waals surface area (Å²) in [6, 6.07) is 13.2. The third kappa shape index (κ3) is 3.71. The summed E-state index contributed by atoms with van der Waals surface area (Å²) in [4.78, 5) is 26.0. The Balaban J connectivity index is 1.67. The van der Waals surface area contributed by atoms with Crippen LogP contribution in [0, 0.1) is 5.82 Å². The Morgan fingerprint density at radius 1 is 1.16 bits per heavy atom. The van der Waals surface area contributed by atoms with Crippen molar-refractivity contribution in [3.8, 4) is 0 Å². The number of benzene rings is 2. The van der Waals surface area contributed by atoms with E-state index in [0.29, 0.717) is 16.5 Å². The molecule has 0 fully saturated rings. The van der Waals surface area contributed by atoms with Gasteiger partial charge >= 0.3 is 0 Å². The summed E-state index contributed by atoms with van der Waals surface area (Å²) in [5.41, 5.74) is 0.683. The summed E-state index contributed by atoms with van der Waals surface area (Å²) in [6.07, 6.45) is 0.0812. The lowest BCUT2D eigenvalue weighted by Gasteiger charge is -2.17. The van der Waals surface area contributed by atoms with Gasteiger partial charge in [0.1, 0.15) is 11.3 Å². The van der Waals surface area contributed by atoms with Gasteiger partial charge in [-0.1, -0.05) is 35.5 Å². The molecule has 1 aromatic heterocycles. The summed E-state index contributed by atoms with van der Waals surface area (Å²) in [5.74, 6) is -0.552. The van der Waals surface area contributed by atoms with E-state index in [1.807, 2.05) is 0 Å². The Kier molecular flexibility index (Phi) is 4.83. The van der Waals surface area contributed by atoms with Crippen LogP contribution in [0.5, 0.6) is 0 Å². The van der Waals surface area contributed by atoms with Crippen molar-refractivity contribution >= 4 is 16.8 Å². The minimum absolute atomic E-state index is 0.0812. The monoisotopic (exact) mass is 340 g/mol. The molecular weight excluding hydrogens is 323 g/mol. The van der Waals surface area contributed by atoms with Crippen LogP contribution in [-0.2, 0) is 17.9 Å². The van der Waals surface area contributed by atoms with Crippen molar-refractivity contribution in [3.05, 3.63) is 70.3 Å². The van der Waals surface area contributed by atoms with Crippen LogP contribution in [0.15, 0.2) is 53.3 Å². The fraction of sp³-hybridized carbons (Fsp3) is 0.222. The molecule has 0 N–H and O–H groups in total. The van der Waals surface area contributed by atoms with Gasteiger partial charge in [-0.15, -0.1) is 5.10 Å². The lowest BCUT2D eigenvalue weighted by Crippen LogP contribution is -2.30. The van der Waals surface area contributed by atoms with Crippen molar-refractivity contribution in [2.24, 2.45) is 0 Å². The van der Waals surface area contributed by atoms with E-state index < -0.39 is 0 Å². The molecule has 3 rings (SSSR count). The number of rotatable bonds is 5. The predicted octanol–water partition coefficient (Wildman–Crippen LogP) is 1.98. The highest BCUT2D eigenvalue weighted by Crippen LogP contribution is 2.10. The largest absolute Gasteiger partial charge is 0.341 e. The van der Waals surface area contributed by atoms with Crippen LogP contribution < -0.4 is 5.56 Å². The molecule has 7 heteroatoms. The van der Waals surface area contributed by atoms with Gasteiger partial charge < -0.3 is 4.90 Å². The van der Waals surface area contributed by atoms with Gasteiger partial charge in [-0.2, -0.15) is 0 Å². The molecule has 0 spiro atoms. The molecule has 2 aromatic carbocycles. The first kappa shape index (κ1) is 16.8. The van der Waals surface area contributed by atoms with Crippen molar-refractivity contribution in [1.82, 2.24) is 19.9 Å². The number of carbonyl (C=O) groups is 1. The third-order valence-corrected chi connectivity index (χ3v) is 3.96. The highest BCUT2D eigenvalue weighted by molar-refractivity contribution is 5.77. The van der Waals surface area contributed by atoms with Crippen LogP contribution in [0.3, 0.4) is 0 Å². The van der Waals surface area contributed by atoms with Gasteiger partial charge in [0.15, 0.2) is 0 Å². The Morgan fingerprint density at radius 3 is 2.68 bits per heavy atom. The molecule has 0 saturated carbocycles. The third-order valence-electron chi connectivity index (χ3n) is 3.96. The highest BCUT2D eigenvalue weighted by atomic mass is 19.1. The van der Waals surface area contributed by atoms with Crippen LogP contribution in [0.2, 0.25) is 0 Å². The Labute approximate surface area is 143 Å². The number of aryl methyl sites for hydroxylation is 1. The number of hydrogen-bond acceptors (Lipinski definition) is 4. The minimum Gasteiger partial charge on any atom is -0.341 e. The molecule has 0 atom stereocenters. The normalized spacial score (nSPS) is 10.8. The molecule has 25 heavy (non-hydrogen) atoms. The Morgan fingerprint density at radius 2 is 1.88 bits per heavy atom. The fourth-order valence-corrected chi connectivity index (χ4v) is 2.53. The second-order valence-electron chi connectivity index (χ2n) is 5.73. The summed E-state index contributed by atoms with van der Waals surface area (Å²) in [7, 11) is 1.60. The van der Waals surface area contributed by atoms with E-state index in [2.05, 4.69) is 10.3 Å². The number of carbonyl (C=O) groups excluding carboxylic acids is 1. The molecule has 0 radical (unpaired) electrons. The van der Waals surface area contributed by atoms with Gasteiger partial charge in [-0.25, -0.2) is 9.07 Å². The van der Waals surface area contributed by atoms with E-state index >= 15 is 0 Å². The highest BCUT2D eigenvalue weighted by Gasteiger charge is 2.13. The van der Waals surface area contributed by atoms with Gasteiger partial charge in [-0.05, 0) is 18.2 Å². The van der Waals surface area contributed by atoms with Crippen molar-refractivity contribution in [2.45, 2.75) is 19.5 Å². The van der Waals surface area contributed by atoms with E-state index in [1.54, 1.807) is 49.5 Å². The molecule has 1 amide bonds. The minimum atomic E-state index is -0.348. The molecule has 0 saturated heterocycles. The van der Waals surface area contributed by atoms with Crippen LogP contribution in [-0.4, -0.2) is 32.8 Å². The molecule has 128 valence electrons. The van der Waals surface area contributed by atoms with Crippen LogP contribution >= 0.6 is 0 Å². The zero-order chi connectivity index (χ0) is 17.8. The van der Waals surface area contributed by atoms with Crippen molar-refractivity contribution < 1.29 is 9.18 Å². The number of aromatic nitrogens is 3. The average Bonchev–Trinajstić information content (AvgIpc) is 2.63. The second-order valence-corrected chi connectivity index (χ2v) is 5.73. The molecule has 0 aliphatic heterocycles. The molecule has 0 aliphatic carbocycles. The predicted molar refractivity (Wildman–Crippen MR) is 91.3 cm³/mol. The van der Waals surface area contributed by atoms with E-state index in [4.69, 9.17) is 0 Å². The number of amides is 1. The zero-order valence-electron chi connectivity index (χ0n) is 13.7. The molecule has 3 aromatic rings. The second kappa shape index (κ2) is 7.21. The summed E-state index contributed by atoms with van der Waals surface area (Å²) in [5, 5.41) is 8.30. The quantitative estimate of drug-likeness (QED) is 0.712. The first-order valence-corrected chi connectivity index (χ1v) is 7.86. The topological polar surface area (TPSA) is 68.1 Å². The first-order chi connectivity index (χ1) is 12.1. The Hall–Kier alpha value is -3.09. The molecular formula is C18H17FN4O2. The van der Waals surface area contributed by atoms with Crippen LogP contribution in [0.4, 0.5) is 4.39 Å². The summed E-state index contributed by atoms with van der Waals surface area (Å²) in [6.45, 7) is 0.293. The van der Waals surface area contributed by atoms with Gasteiger partial charge in [-0.3, -0.25) is 9.59 Å². The van der Waals surface area contributed by atoms with Gasteiger partial charge in [0.2, 0.25) is 5.91 Å². The Bertz CT molecular complexity index is 970. The van der Waals surface area contributed by atoms with E-state index in [9.17, 15) is 14.0 Å². The van der Waals surface area contributed by atoms with E-state index in [1.165, 1.54) is 15.6 Å². The van der Waals surface area contributed by atoms with Gasteiger partial charge in [0.05, 0.1) is 11.9 Å². The number of halogens is 1. The lowest BCUT2D eigenvalue weighted by atomic mass is 10.2. The number of fused-ring (bicyclic) bond motifs is 1. The maximum Gasteiger partial charge on any atom is 0.277 e. The van der Waals surface area contributed by atoms with Gasteiger partial charge in [0, 0.05) is 25.6 Å². The number of hydrogen-bond donors (Lipinski definition) is 0. The van der Waals surface area contributed by atoms with Crippen LogP contribution in [0.25, 0.3) is 10.9 Å². The average molecular weight is 340 g/mol. The van der Waals surface area contributed by atoms with E-state index in [0.717, 1.165) is 0 Å². The molecule has 0 unspecified atom stereocenters. The number of nitrogens with zero attached hydrogens (tertiary/aromatic N) is 4. The maximum absolute atomic E-state index is 13.7. The SMILES string of the molecule is CN(Cc1ccccc1F)C(=O)CCn1nnc2ccccc2c1=O. The van der Waals surface area contributed by atoms with Gasteiger partial charge in [0.25, 0.3) is 5.56 Å². The molecule has 6 nitrogen and oxygen atoms in total. The van der Waals surface area contributed by atoms with E-state index in [-0.39, 0.29) is 36.8 Å². The van der Waals surface area contributed by atoms with Crippen LogP contribution in [0.1, 0.15) is 12.0 Å². The molecule has 1 heterocycles. The standard InChI is InChI=1S/C18H17FN4O2/c1-22(12-13-6-2-4-8-15(13)19)17(24)10-11-23-18(25)14-7-3-5-9-16(14)20-21-23/h2-9H,10-12H2,1H3. The van der Waals surface area contributed by atoms with Crippen molar-refractivity contribution in [1.29, 1.82) is 0 Å². The smallest absolute Gasteiger partial charge is 0.277 e. The molecule has 0 bridgehead atoms. The molecule has 0 aliphatic rings. The fourth-order valence-electron chi connectivity index (χ4n) is 2.53. The summed E-state index contributed by atoms with van der Waals surface area (Å²) < 4.78 is 14.8. The first-order valence-electron chi connectivity index (χ1n) is 7.86. The van der Waals surface area contributed by atoms with Crippen molar-refractivity contribution in [3.63, 3.8) is 0 Å². The van der Waals surface area contributed by atoms with Crippen molar-refractivity contribution in [2.75, 3.05) is 7.05 Å². The maximum atomic E-state index is 13.7. The summed E-state index contributed by atoms with van der Waals surface area (Å²) >= 11 is 0.